The lowest BCUT2D eigenvalue weighted by atomic mass is 10.2. The van der Waals surface area contributed by atoms with Crippen molar-refractivity contribution in [2.75, 3.05) is 0 Å². The topological polar surface area (TPSA) is 137 Å². The Morgan fingerprint density at radius 2 is 1.95 bits per heavy atom. The van der Waals surface area contributed by atoms with E-state index in [1.807, 2.05) is 0 Å². The number of carboxylic acid groups (broad SMARTS) is 2. The van der Waals surface area contributed by atoms with Crippen LogP contribution in [-0.2, 0) is 9.59 Å². The van der Waals surface area contributed by atoms with E-state index >= 15 is 0 Å². The molecule has 0 aliphatic carbocycles. The van der Waals surface area contributed by atoms with E-state index in [1.54, 1.807) is 0 Å². The van der Waals surface area contributed by atoms with Gasteiger partial charge >= 0.3 is 11.9 Å². The lowest BCUT2D eigenvalue weighted by Crippen LogP contribution is -2.42. The molecule has 0 aliphatic heterocycles. The van der Waals surface area contributed by atoms with Gasteiger partial charge in [-0.3, -0.25) is 14.4 Å². The first-order valence-corrected chi connectivity index (χ1v) is 5.26. The van der Waals surface area contributed by atoms with Gasteiger partial charge < -0.3 is 20.5 Å². The Labute approximate surface area is 107 Å². The van der Waals surface area contributed by atoms with Crippen LogP contribution in [0.15, 0.2) is 12.3 Å². The molecule has 8 nitrogen and oxygen atoms in total. The molecule has 1 rings (SSSR count). The fraction of sp³-hybridized carbons (Fsp3) is 0.273. The number of hydrogen-bond donors (Lipinski definition) is 4. The van der Waals surface area contributed by atoms with Gasteiger partial charge in [0.2, 0.25) is 0 Å². The van der Waals surface area contributed by atoms with Crippen LogP contribution in [0.4, 0.5) is 0 Å². The van der Waals surface area contributed by atoms with Crippen LogP contribution in [0.2, 0.25) is 0 Å². The number of aliphatic carboxylic acids is 2. The third-order valence-electron chi connectivity index (χ3n) is 2.32. The van der Waals surface area contributed by atoms with Crippen molar-refractivity contribution < 1.29 is 29.4 Å². The average molecular weight is 268 g/mol. The van der Waals surface area contributed by atoms with Crippen LogP contribution in [0, 0.1) is 0 Å². The van der Waals surface area contributed by atoms with Gasteiger partial charge in [0, 0.05) is 11.8 Å². The fourth-order valence-corrected chi connectivity index (χ4v) is 1.34. The number of carbonyl (C=O) groups excluding carboxylic acids is 2. The first kappa shape index (κ1) is 14.4. The summed E-state index contributed by atoms with van der Waals surface area (Å²) in [4.78, 5) is 46.4. The summed E-state index contributed by atoms with van der Waals surface area (Å²) in [5.41, 5.74) is 0.261. The van der Waals surface area contributed by atoms with E-state index in [0.717, 1.165) is 0 Å². The van der Waals surface area contributed by atoms with Gasteiger partial charge in [-0.2, -0.15) is 0 Å². The second kappa shape index (κ2) is 5.80. The van der Waals surface area contributed by atoms with Gasteiger partial charge in [-0.1, -0.05) is 0 Å². The van der Waals surface area contributed by atoms with Crippen molar-refractivity contribution in [2.45, 2.75) is 19.4 Å². The second-order valence-electron chi connectivity index (χ2n) is 3.82. The van der Waals surface area contributed by atoms with E-state index in [-0.39, 0.29) is 17.0 Å². The summed E-state index contributed by atoms with van der Waals surface area (Å²) in [7, 11) is 0. The molecule has 0 bridgehead atoms. The molecule has 1 aromatic rings. The Bertz CT molecular complexity index is 533. The Morgan fingerprint density at radius 3 is 2.37 bits per heavy atom. The number of hydrogen-bond acceptors (Lipinski definition) is 4. The molecule has 0 radical (unpaired) electrons. The summed E-state index contributed by atoms with van der Waals surface area (Å²) < 4.78 is 0. The molecule has 0 aliphatic rings. The molecule has 0 fully saturated rings. The number of carboxylic acids is 2. The van der Waals surface area contributed by atoms with Gasteiger partial charge in [-0.25, -0.2) is 4.79 Å². The highest BCUT2D eigenvalue weighted by atomic mass is 16.4. The minimum absolute atomic E-state index is 0.0122. The summed E-state index contributed by atoms with van der Waals surface area (Å²) in [6, 6.07) is -0.272. The van der Waals surface area contributed by atoms with E-state index in [1.165, 1.54) is 19.2 Å². The van der Waals surface area contributed by atoms with Crippen LogP contribution in [0.1, 0.15) is 34.2 Å². The summed E-state index contributed by atoms with van der Waals surface area (Å²) in [5, 5.41) is 19.3. The second-order valence-corrected chi connectivity index (χ2v) is 3.82. The quantitative estimate of drug-likeness (QED) is 0.531. The molecule has 0 spiro atoms. The predicted octanol–water partition coefficient (Wildman–Crippen LogP) is -0.125. The van der Waals surface area contributed by atoms with Gasteiger partial charge in [0.15, 0.2) is 5.78 Å². The van der Waals surface area contributed by atoms with E-state index < -0.39 is 30.3 Å². The number of amides is 1. The van der Waals surface area contributed by atoms with Crippen molar-refractivity contribution in [2.24, 2.45) is 0 Å². The maximum absolute atomic E-state index is 11.7. The molecule has 0 unspecified atom stereocenters. The van der Waals surface area contributed by atoms with Crippen LogP contribution in [0.25, 0.3) is 0 Å². The van der Waals surface area contributed by atoms with E-state index in [9.17, 15) is 19.2 Å². The van der Waals surface area contributed by atoms with Gasteiger partial charge in [0.05, 0.1) is 6.42 Å². The van der Waals surface area contributed by atoms with Crippen LogP contribution in [-0.4, -0.2) is 44.9 Å². The van der Waals surface area contributed by atoms with Crippen molar-refractivity contribution in [1.29, 1.82) is 0 Å². The van der Waals surface area contributed by atoms with Gasteiger partial charge in [0.1, 0.15) is 11.7 Å². The zero-order chi connectivity index (χ0) is 14.6. The van der Waals surface area contributed by atoms with Crippen molar-refractivity contribution in [3.8, 4) is 0 Å². The zero-order valence-electron chi connectivity index (χ0n) is 9.97. The van der Waals surface area contributed by atoms with Gasteiger partial charge in [0.25, 0.3) is 5.91 Å². The smallest absolute Gasteiger partial charge is 0.326 e. The van der Waals surface area contributed by atoms with Crippen LogP contribution < -0.4 is 5.32 Å². The standard InChI is InChI=1S/C11H12N2O6/c1-5(14)6-2-7(12-4-6)10(17)13-8(11(18)19)3-9(15)16/h2,4,8,12H,3H2,1H3,(H,13,17)(H,15,16)(H,18,19)/t8-/m1/s1. The number of aromatic amines is 1. The number of rotatable bonds is 6. The number of H-pyrrole nitrogens is 1. The van der Waals surface area contributed by atoms with Gasteiger partial charge in [-0.15, -0.1) is 0 Å². The largest absolute Gasteiger partial charge is 0.481 e. The van der Waals surface area contributed by atoms with Crippen molar-refractivity contribution in [3.63, 3.8) is 0 Å². The molecule has 1 aromatic heterocycles. The lowest BCUT2D eigenvalue weighted by Gasteiger charge is -2.11. The number of ketones is 1. The molecule has 0 saturated carbocycles. The number of nitrogens with one attached hydrogen (secondary N) is 2. The van der Waals surface area contributed by atoms with Crippen molar-refractivity contribution in [1.82, 2.24) is 10.3 Å². The van der Waals surface area contributed by atoms with Crippen LogP contribution in [0.5, 0.6) is 0 Å². The third-order valence-corrected chi connectivity index (χ3v) is 2.32. The van der Waals surface area contributed by atoms with E-state index in [0.29, 0.717) is 0 Å². The van der Waals surface area contributed by atoms with Crippen molar-refractivity contribution in [3.05, 3.63) is 23.5 Å². The predicted molar refractivity (Wildman–Crippen MR) is 61.9 cm³/mol. The SMILES string of the molecule is CC(=O)c1c[nH]c(C(=O)N[C@H](CC(=O)O)C(=O)O)c1. The Balaban J connectivity index is 2.78. The first-order chi connectivity index (χ1) is 8.81. The van der Waals surface area contributed by atoms with E-state index in [4.69, 9.17) is 10.2 Å². The first-order valence-electron chi connectivity index (χ1n) is 5.26. The highest BCUT2D eigenvalue weighted by Gasteiger charge is 2.24. The van der Waals surface area contributed by atoms with Gasteiger partial charge in [-0.05, 0) is 13.0 Å². The van der Waals surface area contributed by atoms with Crippen LogP contribution in [0.3, 0.4) is 0 Å². The summed E-state index contributed by atoms with van der Waals surface area (Å²) in [6.45, 7) is 1.31. The molecule has 0 saturated heterocycles. The molecule has 19 heavy (non-hydrogen) atoms. The number of aromatic nitrogens is 1. The Morgan fingerprint density at radius 1 is 1.32 bits per heavy atom. The minimum Gasteiger partial charge on any atom is -0.481 e. The molecule has 8 heteroatoms. The zero-order valence-corrected chi connectivity index (χ0v) is 9.97. The van der Waals surface area contributed by atoms with Crippen LogP contribution >= 0.6 is 0 Å². The average Bonchev–Trinajstić information content (AvgIpc) is 2.76. The summed E-state index contributed by atoms with van der Waals surface area (Å²) >= 11 is 0. The summed E-state index contributed by atoms with van der Waals surface area (Å²) in [6.07, 6.45) is 0.575. The maximum Gasteiger partial charge on any atom is 0.326 e. The monoisotopic (exact) mass is 268 g/mol. The molecule has 0 aromatic carbocycles. The minimum atomic E-state index is -1.53. The Kier molecular flexibility index (Phi) is 4.41. The molecule has 4 N–H and O–H groups in total. The fourth-order valence-electron chi connectivity index (χ4n) is 1.34. The molecule has 102 valence electrons. The molecule has 1 atom stereocenters. The maximum atomic E-state index is 11.7. The Hall–Kier alpha value is -2.64. The highest BCUT2D eigenvalue weighted by molar-refractivity contribution is 6.00. The number of carbonyl (C=O) groups is 4. The van der Waals surface area contributed by atoms with Crippen molar-refractivity contribution >= 4 is 23.6 Å². The molecular formula is C11H12N2O6. The normalized spacial score (nSPS) is 11.6. The third kappa shape index (κ3) is 3.95. The number of Topliss-reactive ketones (excluding diaryl/α,β-unsaturated/α-hetero) is 1. The van der Waals surface area contributed by atoms with E-state index in [2.05, 4.69) is 10.3 Å². The molecule has 1 heterocycles. The molecular weight excluding hydrogens is 256 g/mol. The molecule has 1 amide bonds. The lowest BCUT2D eigenvalue weighted by molar-refractivity contribution is -0.145. The highest BCUT2D eigenvalue weighted by Crippen LogP contribution is 2.05. The summed E-state index contributed by atoms with van der Waals surface area (Å²) in [5.74, 6) is -3.84.